The van der Waals surface area contributed by atoms with E-state index in [-0.39, 0.29) is 18.4 Å². The van der Waals surface area contributed by atoms with Crippen LogP contribution in [-0.2, 0) is 15.9 Å². The largest absolute Gasteiger partial charge is 0.483 e. The SMILES string of the molecule is COC1=N[C@H](Cc2cc(C)c(F)cc2F)C(OC)=N[C@H]1C(C)C. The summed E-state index contributed by atoms with van der Waals surface area (Å²) < 4.78 is 38.1. The molecule has 1 heterocycles. The fourth-order valence-corrected chi connectivity index (χ4v) is 2.57. The van der Waals surface area contributed by atoms with E-state index >= 15 is 0 Å². The molecule has 0 spiro atoms. The summed E-state index contributed by atoms with van der Waals surface area (Å²) in [4.78, 5) is 9.06. The van der Waals surface area contributed by atoms with E-state index in [4.69, 9.17) is 9.47 Å². The van der Waals surface area contributed by atoms with Gasteiger partial charge in [-0.1, -0.05) is 19.9 Å². The van der Waals surface area contributed by atoms with Gasteiger partial charge in [-0.25, -0.2) is 18.8 Å². The Labute approximate surface area is 135 Å². The molecule has 4 nitrogen and oxygen atoms in total. The second-order valence-electron chi connectivity index (χ2n) is 5.94. The van der Waals surface area contributed by atoms with Gasteiger partial charge in [0.1, 0.15) is 23.7 Å². The van der Waals surface area contributed by atoms with Gasteiger partial charge in [0.25, 0.3) is 0 Å². The number of hydrogen-bond acceptors (Lipinski definition) is 4. The van der Waals surface area contributed by atoms with Crippen LogP contribution in [0.2, 0.25) is 0 Å². The van der Waals surface area contributed by atoms with Gasteiger partial charge in [0.15, 0.2) is 0 Å². The van der Waals surface area contributed by atoms with Crippen molar-refractivity contribution in [1.29, 1.82) is 0 Å². The first kappa shape index (κ1) is 17.4. The fourth-order valence-electron chi connectivity index (χ4n) is 2.57. The summed E-state index contributed by atoms with van der Waals surface area (Å²) in [5.74, 6) is -0.0132. The second-order valence-corrected chi connectivity index (χ2v) is 5.94. The molecule has 2 rings (SSSR count). The first-order chi connectivity index (χ1) is 10.9. The van der Waals surface area contributed by atoms with Crippen molar-refractivity contribution in [2.45, 2.75) is 39.3 Å². The van der Waals surface area contributed by atoms with Crippen LogP contribution < -0.4 is 0 Å². The highest BCUT2D eigenvalue weighted by Gasteiger charge is 2.31. The topological polar surface area (TPSA) is 43.2 Å². The van der Waals surface area contributed by atoms with Crippen LogP contribution in [0, 0.1) is 24.5 Å². The Bertz CT molecular complexity index is 642. The molecule has 0 bridgehead atoms. The van der Waals surface area contributed by atoms with Gasteiger partial charge in [-0.15, -0.1) is 0 Å². The first-order valence-corrected chi connectivity index (χ1v) is 7.55. The second kappa shape index (κ2) is 7.06. The van der Waals surface area contributed by atoms with Crippen LogP contribution in [0.15, 0.2) is 22.1 Å². The first-order valence-electron chi connectivity index (χ1n) is 7.55. The van der Waals surface area contributed by atoms with E-state index in [2.05, 4.69) is 9.98 Å². The van der Waals surface area contributed by atoms with Crippen LogP contribution in [0.25, 0.3) is 0 Å². The molecule has 1 aliphatic rings. The Hall–Kier alpha value is -1.98. The van der Waals surface area contributed by atoms with Gasteiger partial charge in [-0.2, -0.15) is 0 Å². The molecule has 1 aromatic rings. The monoisotopic (exact) mass is 324 g/mol. The zero-order valence-corrected chi connectivity index (χ0v) is 14.1. The molecular weight excluding hydrogens is 302 g/mol. The Morgan fingerprint density at radius 1 is 1.04 bits per heavy atom. The minimum absolute atomic E-state index is 0.199. The van der Waals surface area contributed by atoms with Crippen LogP contribution in [0.5, 0.6) is 0 Å². The molecule has 0 fully saturated rings. The number of rotatable bonds is 3. The predicted octanol–water partition coefficient (Wildman–Crippen LogP) is 3.31. The molecular formula is C17H22F2N2O2. The zero-order chi connectivity index (χ0) is 17.1. The number of ether oxygens (including phenoxy) is 2. The normalized spacial score (nSPS) is 21.0. The quantitative estimate of drug-likeness (QED) is 0.856. The zero-order valence-electron chi connectivity index (χ0n) is 14.1. The molecule has 0 saturated carbocycles. The molecule has 0 saturated heterocycles. The van der Waals surface area contributed by atoms with Crippen molar-refractivity contribution in [3.05, 3.63) is 34.9 Å². The van der Waals surface area contributed by atoms with Crippen molar-refractivity contribution in [2.24, 2.45) is 15.9 Å². The summed E-state index contributed by atoms with van der Waals surface area (Å²) in [5, 5.41) is 0. The van der Waals surface area contributed by atoms with E-state index in [1.54, 1.807) is 14.0 Å². The highest BCUT2D eigenvalue weighted by molar-refractivity contribution is 5.94. The standard InChI is InChI=1S/C17H22F2N2O2/c1-9(2)15-17(23-5)20-14(16(21-15)22-4)7-11-6-10(3)12(18)8-13(11)19/h6,8-9,14-15H,7H2,1-5H3/t14-,15+/m1/s1. The number of methoxy groups -OCH3 is 2. The van der Waals surface area contributed by atoms with E-state index in [0.29, 0.717) is 22.9 Å². The van der Waals surface area contributed by atoms with Crippen LogP contribution in [-0.4, -0.2) is 38.1 Å². The van der Waals surface area contributed by atoms with Crippen LogP contribution in [0.3, 0.4) is 0 Å². The van der Waals surface area contributed by atoms with Gasteiger partial charge >= 0.3 is 0 Å². The smallest absolute Gasteiger partial charge is 0.209 e. The summed E-state index contributed by atoms with van der Waals surface area (Å²) in [7, 11) is 3.06. The molecule has 1 aromatic carbocycles. The number of nitrogens with zero attached hydrogens (tertiary/aromatic N) is 2. The van der Waals surface area contributed by atoms with Crippen molar-refractivity contribution in [3.8, 4) is 0 Å². The lowest BCUT2D eigenvalue weighted by atomic mass is 9.99. The Balaban J connectivity index is 2.33. The highest BCUT2D eigenvalue weighted by atomic mass is 19.1. The van der Waals surface area contributed by atoms with Gasteiger partial charge < -0.3 is 9.47 Å². The van der Waals surface area contributed by atoms with E-state index in [1.165, 1.54) is 13.2 Å². The van der Waals surface area contributed by atoms with E-state index in [9.17, 15) is 8.78 Å². The summed E-state index contributed by atoms with van der Waals surface area (Å²) in [6.07, 6.45) is 0.233. The number of hydrogen-bond donors (Lipinski definition) is 0. The molecule has 0 amide bonds. The summed E-state index contributed by atoms with van der Waals surface area (Å²) in [6, 6.07) is 1.69. The molecule has 6 heteroatoms. The molecule has 0 unspecified atom stereocenters. The lowest BCUT2D eigenvalue weighted by Crippen LogP contribution is -2.38. The fraction of sp³-hybridized carbons (Fsp3) is 0.529. The highest BCUT2D eigenvalue weighted by Crippen LogP contribution is 2.22. The van der Waals surface area contributed by atoms with Crippen molar-refractivity contribution < 1.29 is 18.3 Å². The van der Waals surface area contributed by atoms with Gasteiger partial charge in [-0.05, 0) is 24.0 Å². The number of aryl methyl sites for hydroxylation is 1. The van der Waals surface area contributed by atoms with Crippen molar-refractivity contribution >= 4 is 11.8 Å². The maximum Gasteiger partial charge on any atom is 0.209 e. The summed E-state index contributed by atoms with van der Waals surface area (Å²) in [6.45, 7) is 5.63. The van der Waals surface area contributed by atoms with E-state index in [0.717, 1.165) is 6.07 Å². The van der Waals surface area contributed by atoms with Crippen LogP contribution in [0.4, 0.5) is 8.78 Å². The maximum atomic E-state index is 14.0. The summed E-state index contributed by atoms with van der Waals surface area (Å²) >= 11 is 0. The van der Waals surface area contributed by atoms with E-state index in [1.807, 2.05) is 13.8 Å². The van der Waals surface area contributed by atoms with Gasteiger partial charge in [0.2, 0.25) is 11.8 Å². The number of aliphatic imine (C=N–C) groups is 2. The molecule has 23 heavy (non-hydrogen) atoms. The van der Waals surface area contributed by atoms with Gasteiger partial charge in [0.05, 0.1) is 14.2 Å². The van der Waals surface area contributed by atoms with Gasteiger partial charge in [-0.3, -0.25) is 0 Å². The average Bonchev–Trinajstić information content (AvgIpc) is 2.51. The minimum atomic E-state index is -0.594. The lowest BCUT2D eigenvalue weighted by molar-refractivity contribution is 0.332. The molecule has 126 valence electrons. The van der Waals surface area contributed by atoms with Crippen LogP contribution in [0.1, 0.15) is 25.0 Å². The number of benzene rings is 1. The van der Waals surface area contributed by atoms with Crippen molar-refractivity contribution in [3.63, 3.8) is 0 Å². The Morgan fingerprint density at radius 3 is 2.26 bits per heavy atom. The Kier molecular flexibility index (Phi) is 5.34. The molecule has 2 atom stereocenters. The van der Waals surface area contributed by atoms with E-state index < -0.39 is 17.7 Å². The summed E-state index contributed by atoms with van der Waals surface area (Å²) in [5.41, 5.74) is 0.768. The molecule has 0 N–H and O–H groups in total. The minimum Gasteiger partial charge on any atom is -0.483 e. The maximum absolute atomic E-state index is 14.0. The predicted molar refractivity (Wildman–Crippen MR) is 86.1 cm³/mol. The van der Waals surface area contributed by atoms with Crippen molar-refractivity contribution in [1.82, 2.24) is 0 Å². The third-order valence-corrected chi connectivity index (χ3v) is 3.88. The molecule has 0 aromatic heterocycles. The molecule has 0 aliphatic carbocycles. The number of halogens is 2. The molecule has 0 radical (unpaired) electrons. The third kappa shape index (κ3) is 3.68. The third-order valence-electron chi connectivity index (χ3n) is 3.88. The Morgan fingerprint density at radius 2 is 1.70 bits per heavy atom. The lowest BCUT2D eigenvalue weighted by Gasteiger charge is -2.27. The van der Waals surface area contributed by atoms with Gasteiger partial charge in [0, 0.05) is 12.5 Å². The van der Waals surface area contributed by atoms with Crippen molar-refractivity contribution in [2.75, 3.05) is 14.2 Å². The average molecular weight is 324 g/mol. The van der Waals surface area contributed by atoms with Crippen LogP contribution >= 0.6 is 0 Å². The molecule has 1 aliphatic heterocycles.